The summed E-state index contributed by atoms with van der Waals surface area (Å²) in [5, 5.41) is 0. The van der Waals surface area contributed by atoms with Crippen molar-refractivity contribution >= 4 is 0 Å². The molecule has 0 bridgehead atoms. The molecule has 5 heteroatoms. The fourth-order valence-electron chi connectivity index (χ4n) is 2.63. The molecule has 1 rings (SSSR count). The van der Waals surface area contributed by atoms with Crippen LogP contribution in [0.1, 0.15) is 46.0 Å². The predicted octanol–water partition coefficient (Wildman–Crippen LogP) is 3.17. The van der Waals surface area contributed by atoms with E-state index < -0.39 is 12.7 Å². The van der Waals surface area contributed by atoms with Crippen LogP contribution in [-0.2, 0) is 0 Å². The van der Waals surface area contributed by atoms with E-state index in [9.17, 15) is 13.2 Å². The Labute approximate surface area is 108 Å². The van der Waals surface area contributed by atoms with Crippen LogP contribution in [0.25, 0.3) is 0 Å². The van der Waals surface area contributed by atoms with Crippen molar-refractivity contribution in [2.45, 2.75) is 64.2 Å². The van der Waals surface area contributed by atoms with Crippen LogP contribution in [-0.4, -0.2) is 36.2 Å². The second-order valence-corrected chi connectivity index (χ2v) is 5.70. The van der Waals surface area contributed by atoms with E-state index in [1.54, 1.807) is 0 Å². The monoisotopic (exact) mass is 266 g/mol. The van der Waals surface area contributed by atoms with Gasteiger partial charge in [0, 0.05) is 18.6 Å². The Morgan fingerprint density at radius 2 is 1.78 bits per heavy atom. The molecule has 0 aromatic rings. The van der Waals surface area contributed by atoms with Gasteiger partial charge in [-0.15, -0.1) is 0 Å². The number of nitrogens with zero attached hydrogens (tertiary/aromatic N) is 1. The highest BCUT2D eigenvalue weighted by Gasteiger charge is 2.33. The summed E-state index contributed by atoms with van der Waals surface area (Å²) < 4.78 is 37.6. The Hall–Kier alpha value is -0.290. The molecule has 1 aliphatic rings. The summed E-state index contributed by atoms with van der Waals surface area (Å²) in [6.07, 6.45) is 1.14. The Bertz CT molecular complexity index is 241. The molecule has 0 spiro atoms. The zero-order valence-electron chi connectivity index (χ0n) is 11.3. The van der Waals surface area contributed by atoms with E-state index in [1.165, 1.54) is 4.90 Å². The SMILES string of the molecule is CC(C)N(CC1CCCCCC1N)CC(F)(F)F. The third kappa shape index (κ3) is 5.57. The average molecular weight is 266 g/mol. The van der Waals surface area contributed by atoms with Crippen LogP contribution in [0.15, 0.2) is 0 Å². The lowest BCUT2D eigenvalue weighted by Crippen LogP contribution is -2.45. The van der Waals surface area contributed by atoms with Crippen molar-refractivity contribution in [3.63, 3.8) is 0 Å². The molecular weight excluding hydrogens is 241 g/mol. The maximum atomic E-state index is 12.5. The molecule has 18 heavy (non-hydrogen) atoms. The number of rotatable bonds is 4. The molecule has 0 aromatic heterocycles. The minimum Gasteiger partial charge on any atom is -0.327 e. The standard InChI is InChI=1S/C13H25F3N2/c1-10(2)18(9-13(14,15)16)8-11-6-4-3-5-7-12(11)17/h10-12H,3-9,17H2,1-2H3. The fourth-order valence-corrected chi connectivity index (χ4v) is 2.63. The normalized spacial score (nSPS) is 26.7. The van der Waals surface area contributed by atoms with Gasteiger partial charge in [-0.1, -0.05) is 19.3 Å². The van der Waals surface area contributed by atoms with Crippen LogP contribution in [0, 0.1) is 5.92 Å². The van der Waals surface area contributed by atoms with Gasteiger partial charge in [0.1, 0.15) is 0 Å². The van der Waals surface area contributed by atoms with Gasteiger partial charge >= 0.3 is 6.18 Å². The molecule has 2 N–H and O–H groups in total. The van der Waals surface area contributed by atoms with Crippen molar-refractivity contribution in [2.75, 3.05) is 13.1 Å². The first-order chi connectivity index (χ1) is 8.29. The lowest BCUT2D eigenvalue weighted by molar-refractivity contribution is -0.151. The van der Waals surface area contributed by atoms with Gasteiger partial charge in [0.05, 0.1) is 6.54 Å². The largest absolute Gasteiger partial charge is 0.401 e. The second-order valence-electron chi connectivity index (χ2n) is 5.70. The first-order valence-electron chi connectivity index (χ1n) is 6.86. The van der Waals surface area contributed by atoms with E-state index in [0.29, 0.717) is 6.54 Å². The summed E-state index contributed by atoms with van der Waals surface area (Å²) in [5.74, 6) is 0.206. The molecule has 0 aromatic carbocycles. The third-order valence-corrected chi connectivity index (χ3v) is 3.80. The number of nitrogens with two attached hydrogens (primary N) is 1. The minimum absolute atomic E-state index is 0.0574. The Balaban J connectivity index is 2.58. The molecule has 108 valence electrons. The summed E-state index contributed by atoms with van der Waals surface area (Å²) >= 11 is 0. The van der Waals surface area contributed by atoms with Gasteiger partial charge in [-0.3, -0.25) is 4.90 Å². The van der Waals surface area contributed by atoms with E-state index in [4.69, 9.17) is 5.73 Å². The number of hydrogen-bond acceptors (Lipinski definition) is 2. The molecule has 0 radical (unpaired) electrons. The van der Waals surface area contributed by atoms with E-state index in [2.05, 4.69) is 0 Å². The van der Waals surface area contributed by atoms with Crippen LogP contribution in [0.4, 0.5) is 13.2 Å². The van der Waals surface area contributed by atoms with Crippen LogP contribution < -0.4 is 5.73 Å². The summed E-state index contributed by atoms with van der Waals surface area (Å²) in [6.45, 7) is 3.27. The van der Waals surface area contributed by atoms with Crippen molar-refractivity contribution in [1.82, 2.24) is 4.90 Å². The van der Waals surface area contributed by atoms with Gasteiger partial charge in [0.2, 0.25) is 0 Å². The maximum Gasteiger partial charge on any atom is 0.401 e. The second kappa shape index (κ2) is 6.75. The fraction of sp³-hybridized carbons (Fsp3) is 1.00. The van der Waals surface area contributed by atoms with Gasteiger partial charge in [0.25, 0.3) is 0 Å². The maximum absolute atomic E-state index is 12.5. The summed E-state index contributed by atoms with van der Waals surface area (Å²) in [4.78, 5) is 1.51. The van der Waals surface area contributed by atoms with E-state index in [0.717, 1.165) is 32.1 Å². The van der Waals surface area contributed by atoms with E-state index in [-0.39, 0.29) is 18.0 Å². The molecule has 1 saturated carbocycles. The van der Waals surface area contributed by atoms with Crippen molar-refractivity contribution in [1.29, 1.82) is 0 Å². The lowest BCUT2D eigenvalue weighted by Gasteiger charge is -2.33. The zero-order chi connectivity index (χ0) is 13.8. The first kappa shape index (κ1) is 15.8. The highest BCUT2D eigenvalue weighted by molar-refractivity contribution is 4.81. The molecule has 2 unspecified atom stereocenters. The summed E-state index contributed by atoms with van der Waals surface area (Å²) in [6, 6.07) is -0.0379. The van der Waals surface area contributed by atoms with Crippen molar-refractivity contribution in [3.05, 3.63) is 0 Å². The predicted molar refractivity (Wildman–Crippen MR) is 67.3 cm³/mol. The molecule has 0 saturated heterocycles. The average Bonchev–Trinajstić information content (AvgIpc) is 2.41. The van der Waals surface area contributed by atoms with Crippen LogP contribution in [0.2, 0.25) is 0 Å². The Morgan fingerprint density at radius 3 is 2.33 bits per heavy atom. The molecule has 0 aliphatic heterocycles. The molecule has 0 amide bonds. The molecular formula is C13H25F3N2. The van der Waals surface area contributed by atoms with Crippen molar-refractivity contribution < 1.29 is 13.2 Å². The quantitative estimate of drug-likeness (QED) is 0.792. The Morgan fingerprint density at radius 1 is 1.17 bits per heavy atom. The highest BCUT2D eigenvalue weighted by atomic mass is 19.4. The van der Waals surface area contributed by atoms with Crippen LogP contribution in [0.3, 0.4) is 0 Å². The number of halogens is 3. The van der Waals surface area contributed by atoms with Gasteiger partial charge in [0.15, 0.2) is 0 Å². The number of alkyl halides is 3. The van der Waals surface area contributed by atoms with Crippen LogP contribution in [0.5, 0.6) is 0 Å². The smallest absolute Gasteiger partial charge is 0.327 e. The zero-order valence-corrected chi connectivity index (χ0v) is 11.3. The van der Waals surface area contributed by atoms with E-state index >= 15 is 0 Å². The number of hydrogen-bond donors (Lipinski definition) is 1. The summed E-state index contributed by atoms with van der Waals surface area (Å²) in [7, 11) is 0. The highest BCUT2D eigenvalue weighted by Crippen LogP contribution is 2.25. The van der Waals surface area contributed by atoms with Gasteiger partial charge < -0.3 is 5.73 Å². The molecule has 1 fully saturated rings. The molecule has 0 heterocycles. The minimum atomic E-state index is -4.13. The summed E-state index contributed by atoms with van der Waals surface area (Å²) in [5.41, 5.74) is 6.08. The molecule has 2 atom stereocenters. The van der Waals surface area contributed by atoms with Crippen molar-refractivity contribution in [2.24, 2.45) is 11.7 Å². The van der Waals surface area contributed by atoms with Gasteiger partial charge in [-0.25, -0.2) is 0 Å². The molecule has 2 nitrogen and oxygen atoms in total. The van der Waals surface area contributed by atoms with Gasteiger partial charge in [-0.2, -0.15) is 13.2 Å². The third-order valence-electron chi connectivity index (χ3n) is 3.80. The van der Waals surface area contributed by atoms with E-state index in [1.807, 2.05) is 13.8 Å². The topological polar surface area (TPSA) is 29.3 Å². The van der Waals surface area contributed by atoms with Crippen LogP contribution >= 0.6 is 0 Å². The molecule has 1 aliphatic carbocycles. The first-order valence-corrected chi connectivity index (χ1v) is 6.86. The lowest BCUT2D eigenvalue weighted by atomic mass is 9.94. The van der Waals surface area contributed by atoms with Crippen molar-refractivity contribution in [3.8, 4) is 0 Å². The Kier molecular flexibility index (Phi) is 5.92. The van der Waals surface area contributed by atoms with Gasteiger partial charge in [-0.05, 0) is 32.6 Å².